The number of carbonyl (C=O) groups is 1. The first-order chi connectivity index (χ1) is 6.97. The van der Waals surface area contributed by atoms with Crippen LogP contribution in [0.3, 0.4) is 0 Å². The summed E-state index contributed by atoms with van der Waals surface area (Å²) < 4.78 is 0. The molecule has 15 heavy (non-hydrogen) atoms. The minimum Gasteiger partial charge on any atom is -0.369 e. The molecule has 0 saturated carbocycles. The number of carbonyl (C=O) groups excluding carboxylic acids is 1. The van der Waals surface area contributed by atoms with Gasteiger partial charge in [-0.3, -0.25) is 5.32 Å². The highest BCUT2D eigenvalue weighted by atomic mass is 16.2. The Balaban J connectivity index is 3.26. The summed E-state index contributed by atoms with van der Waals surface area (Å²) in [4.78, 5) is 15.3. The molecular formula is C9H15N5O. The van der Waals surface area contributed by atoms with Crippen LogP contribution in [0.25, 0.3) is 0 Å². The number of urea groups is 1. The molecule has 6 nitrogen and oxygen atoms in total. The van der Waals surface area contributed by atoms with Gasteiger partial charge in [0, 0.05) is 0 Å². The van der Waals surface area contributed by atoms with Crippen LogP contribution >= 0.6 is 0 Å². The number of nitrogens with zero attached hydrogens (tertiary/aromatic N) is 2. The Morgan fingerprint density at radius 1 is 1.67 bits per heavy atom. The van der Waals surface area contributed by atoms with Crippen molar-refractivity contribution in [3.05, 3.63) is 24.0 Å². The van der Waals surface area contributed by atoms with Gasteiger partial charge in [-0.2, -0.15) is 4.99 Å². The molecule has 0 aromatic rings. The molecule has 6 heteroatoms. The second kappa shape index (κ2) is 4.14. The van der Waals surface area contributed by atoms with Gasteiger partial charge in [0.2, 0.25) is 5.96 Å². The van der Waals surface area contributed by atoms with E-state index in [1.54, 1.807) is 6.08 Å². The lowest BCUT2D eigenvalue weighted by molar-refractivity contribution is 0.213. The van der Waals surface area contributed by atoms with E-state index in [4.69, 9.17) is 11.6 Å². The standard InChI is InChI=1S/C9H15N5O/c1-4-6(5(2)3)7-12-8(10)13-9(15)14(7)11/h4-5H,1,11H2,2-3H3,(H3,10,12,13,15)/b7-6+. The summed E-state index contributed by atoms with van der Waals surface area (Å²) in [7, 11) is 0. The van der Waals surface area contributed by atoms with E-state index in [1.165, 1.54) is 0 Å². The topological polar surface area (TPSA) is 96.7 Å². The van der Waals surface area contributed by atoms with E-state index in [0.717, 1.165) is 10.6 Å². The van der Waals surface area contributed by atoms with Crippen molar-refractivity contribution in [1.29, 1.82) is 0 Å². The second-order valence-electron chi connectivity index (χ2n) is 3.43. The van der Waals surface area contributed by atoms with Crippen molar-refractivity contribution >= 4 is 12.0 Å². The van der Waals surface area contributed by atoms with Crippen LogP contribution < -0.4 is 16.9 Å². The summed E-state index contributed by atoms with van der Waals surface area (Å²) in [5.41, 5.74) is 6.21. The van der Waals surface area contributed by atoms with Gasteiger partial charge >= 0.3 is 6.03 Å². The lowest BCUT2D eigenvalue weighted by Crippen LogP contribution is -2.52. The average molecular weight is 209 g/mol. The van der Waals surface area contributed by atoms with E-state index in [1.807, 2.05) is 13.8 Å². The third-order valence-electron chi connectivity index (χ3n) is 2.01. The third kappa shape index (κ3) is 2.16. The first-order valence-electron chi connectivity index (χ1n) is 4.54. The van der Waals surface area contributed by atoms with E-state index in [9.17, 15) is 4.79 Å². The quantitative estimate of drug-likeness (QED) is 0.449. The third-order valence-corrected chi connectivity index (χ3v) is 2.01. The van der Waals surface area contributed by atoms with Crippen molar-refractivity contribution in [1.82, 2.24) is 10.3 Å². The SMILES string of the molecule is C=C/C(=C1/N=C(N)NC(=O)N1N)C(C)C. The largest absolute Gasteiger partial charge is 0.369 e. The van der Waals surface area contributed by atoms with Crippen molar-refractivity contribution in [3.63, 3.8) is 0 Å². The number of allylic oxidation sites excluding steroid dienone is 2. The molecule has 2 amide bonds. The van der Waals surface area contributed by atoms with Gasteiger partial charge in [0.05, 0.1) is 0 Å². The molecular weight excluding hydrogens is 194 g/mol. The number of nitrogens with two attached hydrogens (primary N) is 2. The molecule has 0 bridgehead atoms. The van der Waals surface area contributed by atoms with Crippen LogP contribution in [-0.4, -0.2) is 17.0 Å². The number of rotatable bonds is 2. The Kier molecular flexibility index (Phi) is 3.11. The fourth-order valence-electron chi connectivity index (χ4n) is 1.25. The fourth-order valence-corrected chi connectivity index (χ4v) is 1.25. The Labute approximate surface area is 88.3 Å². The monoisotopic (exact) mass is 209 g/mol. The minimum absolute atomic E-state index is 0.0386. The highest BCUT2D eigenvalue weighted by Gasteiger charge is 2.23. The number of amides is 2. The Hall–Kier alpha value is -1.82. The number of hydrogen-bond donors (Lipinski definition) is 3. The Morgan fingerprint density at radius 3 is 2.73 bits per heavy atom. The second-order valence-corrected chi connectivity index (χ2v) is 3.43. The van der Waals surface area contributed by atoms with Gasteiger partial charge in [-0.15, -0.1) is 0 Å². The summed E-state index contributed by atoms with van der Waals surface area (Å²) in [6.07, 6.45) is 1.62. The molecule has 0 unspecified atom stereocenters. The zero-order valence-electron chi connectivity index (χ0n) is 8.82. The van der Waals surface area contributed by atoms with Gasteiger partial charge in [0.15, 0.2) is 5.82 Å². The zero-order chi connectivity index (χ0) is 11.6. The Morgan fingerprint density at radius 2 is 2.27 bits per heavy atom. The van der Waals surface area contributed by atoms with E-state index < -0.39 is 6.03 Å². The number of hydrogen-bond acceptors (Lipinski definition) is 4. The molecule has 0 aromatic heterocycles. The number of hydrazine groups is 1. The first-order valence-corrected chi connectivity index (χ1v) is 4.54. The van der Waals surface area contributed by atoms with Gasteiger partial charge in [-0.05, 0) is 11.5 Å². The normalized spacial score (nSPS) is 19.9. The molecule has 1 aliphatic rings. The van der Waals surface area contributed by atoms with Gasteiger partial charge in [-0.25, -0.2) is 15.6 Å². The fraction of sp³-hybridized carbons (Fsp3) is 0.333. The maximum atomic E-state index is 11.3. The first kappa shape index (κ1) is 11.3. The van der Waals surface area contributed by atoms with Gasteiger partial charge < -0.3 is 5.73 Å². The van der Waals surface area contributed by atoms with Crippen molar-refractivity contribution in [2.24, 2.45) is 22.5 Å². The number of guanidine groups is 1. The molecule has 0 fully saturated rings. The average Bonchev–Trinajstić information content (AvgIpc) is 2.13. The number of nitrogens with one attached hydrogen (secondary N) is 1. The molecule has 1 rings (SSSR count). The summed E-state index contributed by atoms with van der Waals surface area (Å²) >= 11 is 0. The molecule has 1 aliphatic heterocycles. The lowest BCUT2D eigenvalue weighted by atomic mass is 10.0. The molecule has 82 valence electrons. The molecule has 0 aliphatic carbocycles. The van der Waals surface area contributed by atoms with Crippen LogP contribution in [0.5, 0.6) is 0 Å². The van der Waals surface area contributed by atoms with Crippen LogP contribution in [0.15, 0.2) is 29.0 Å². The number of aliphatic imine (C=N–C) groups is 1. The highest BCUT2D eigenvalue weighted by molar-refractivity contribution is 5.98. The van der Waals surface area contributed by atoms with Crippen LogP contribution in [0.1, 0.15) is 13.8 Å². The molecule has 0 saturated heterocycles. The van der Waals surface area contributed by atoms with E-state index >= 15 is 0 Å². The van der Waals surface area contributed by atoms with E-state index in [0.29, 0.717) is 5.82 Å². The zero-order valence-corrected chi connectivity index (χ0v) is 8.82. The molecule has 1 heterocycles. The minimum atomic E-state index is -0.502. The van der Waals surface area contributed by atoms with Crippen LogP contribution in [0.2, 0.25) is 0 Å². The van der Waals surface area contributed by atoms with Crippen molar-refractivity contribution in [3.8, 4) is 0 Å². The summed E-state index contributed by atoms with van der Waals surface area (Å²) in [6.45, 7) is 7.57. The van der Waals surface area contributed by atoms with Crippen molar-refractivity contribution in [2.75, 3.05) is 0 Å². The molecule has 0 spiro atoms. The molecule has 0 aromatic carbocycles. The van der Waals surface area contributed by atoms with Crippen LogP contribution in [-0.2, 0) is 0 Å². The summed E-state index contributed by atoms with van der Waals surface area (Å²) in [5, 5.41) is 3.22. The summed E-state index contributed by atoms with van der Waals surface area (Å²) in [5.74, 6) is 6.08. The summed E-state index contributed by atoms with van der Waals surface area (Å²) in [6, 6.07) is -0.502. The molecule has 5 N–H and O–H groups in total. The van der Waals surface area contributed by atoms with Crippen LogP contribution in [0, 0.1) is 5.92 Å². The van der Waals surface area contributed by atoms with Gasteiger partial charge in [-0.1, -0.05) is 26.5 Å². The van der Waals surface area contributed by atoms with Gasteiger partial charge in [0.1, 0.15) is 0 Å². The molecule has 0 atom stereocenters. The Bertz CT molecular complexity index is 356. The van der Waals surface area contributed by atoms with Gasteiger partial charge in [0.25, 0.3) is 0 Å². The lowest BCUT2D eigenvalue weighted by Gasteiger charge is -2.25. The van der Waals surface area contributed by atoms with Crippen LogP contribution in [0.4, 0.5) is 4.79 Å². The predicted octanol–water partition coefficient (Wildman–Crippen LogP) is 0.254. The smallest absolute Gasteiger partial charge is 0.344 e. The maximum Gasteiger partial charge on any atom is 0.344 e. The predicted molar refractivity (Wildman–Crippen MR) is 58.2 cm³/mol. The highest BCUT2D eigenvalue weighted by Crippen LogP contribution is 2.19. The maximum absolute atomic E-state index is 11.3. The molecule has 0 radical (unpaired) electrons. The van der Waals surface area contributed by atoms with E-state index in [-0.39, 0.29) is 11.9 Å². The van der Waals surface area contributed by atoms with E-state index in [2.05, 4.69) is 16.9 Å². The van der Waals surface area contributed by atoms with Crippen molar-refractivity contribution < 1.29 is 4.79 Å². The van der Waals surface area contributed by atoms with Crippen molar-refractivity contribution in [2.45, 2.75) is 13.8 Å².